The number of carboxylic acid groups (broad SMARTS) is 1. The third-order valence-corrected chi connectivity index (χ3v) is 5.77. The smallest absolute Gasteiger partial charge is 0.338 e. The highest BCUT2D eigenvalue weighted by molar-refractivity contribution is 7.89. The van der Waals surface area contributed by atoms with Crippen molar-refractivity contribution in [2.75, 3.05) is 13.1 Å². The second-order valence-corrected chi connectivity index (χ2v) is 8.06. The van der Waals surface area contributed by atoms with Crippen molar-refractivity contribution in [2.24, 2.45) is 5.92 Å². The van der Waals surface area contributed by atoms with Crippen molar-refractivity contribution >= 4 is 22.0 Å². The van der Waals surface area contributed by atoms with E-state index in [9.17, 15) is 18.0 Å². The predicted octanol–water partition coefficient (Wildman–Crippen LogP) is 1.66. The summed E-state index contributed by atoms with van der Waals surface area (Å²) >= 11 is 0. The molecule has 1 aliphatic heterocycles. The molecule has 7 nitrogen and oxygen atoms in total. The summed E-state index contributed by atoms with van der Waals surface area (Å²) in [6.45, 7) is 5.22. The largest absolute Gasteiger partial charge is 0.481 e. The molecule has 1 aliphatic rings. The van der Waals surface area contributed by atoms with E-state index in [2.05, 4.69) is 0 Å². The van der Waals surface area contributed by atoms with E-state index in [1.165, 1.54) is 12.1 Å². The first kappa shape index (κ1) is 18.4. The molecule has 2 rings (SSSR count). The van der Waals surface area contributed by atoms with Gasteiger partial charge in [-0.25, -0.2) is 13.2 Å². The molecule has 1 saturated heterocycles. The van der Waals surface area contributed by atoms with Gasteiger partial charge in [0, 0.05) is 13.1 Å². The van der Waals surface area contributed by atoms with Crippen molar-refractivity contribution in [3.8, 4) is 0 Å². The third-order valence-electron chi connectivity index (χ3n) is 3.91. The Balaban J connectivity index is 2.31. The molecule has 0 bridgehead atoms. The molecule has 1 heterocycles. The van der Waals surface area contributed by atoms with Crippen LogP contribution in [0.4, 0.5) is 0 Å². The Morgan fingerprint density at radius 3 is 2.54 bits per heavy atom. The molecule has 1 fully saturated rings. The van der Waals surface area contributed by atoms with Crippen molar-refractivity contribution in [3.05, 3.63) is 29.3 Å². The summed E-state index contributed by atoms with van der Waals surface area (Å²) in [4.78, 5) is 23.1. The van der Waals surface area contributed by atoms with Crippen LogP contribution in [0.15, 0.2) is 23.1 Å². The zero-order valence-corrected chi connectivity index (χ0v) is 14.7. The minimum absolute atomic E-state index is 0.0326. The van der Waals surface area contributed by atoms with E-state index in [0.717, 1.165) is 4.31 Å². The van der Waals surface area contributed by atoms with Gasteiger partial charge in [-0.05, 0) is 44.9 Å². The first-order valence-corrected chi connectivity index (χ1v) is 9.11. The molecule has 0 radical (unpaired) electrons. The number of aryl methyl sites for hydroxylation is 1. The predicted molar refractivity (Wildman–Crippen MR) is 86.2 cm³/mol. The number of carbonyl (C=O) groups excluding carboxylic acids is 1. The SMILES string of the molecule is Cc1ccc(S(=O)(=O)N2CCC(C(=O)O)C2)cc1C(=O)OC(C)C. The highest BCUT2D eigenvalue weighted by Gasteiger charge is 2.36. The first-order chi connectivity index (χ1) is 11.1. The first-order valence-electron chi connectivity index (χ1n) is 7.67. The van der Waals surface area contributed by atoms with E-state index in [0.29, 0.717) is 5.56 Å². The Labute approximate surface area is 141 Å². The van der Waals surface area contributed by atoms with Crippen LogP contribution >= 0.6 is 0 Å². The second kappa shape index (κ2) is 6.90. The van der Waals surface area contributed by atoms with E-state index < -0.39 is 27.9 Å². The van der Waals surface area contributed by atoms with Crippen LogP contribution in [0, 0.1) is 12.8 Å². The fraction of sp³-hybridized carbons (Fsp3) is 0.500. The van der Waals surface area contributed by atoms with Crippen LogP contribution in [0.5, 0.6) is 0 Å². The van der Waals surface area contributed by atoms with Gasteiger partial charge in [-0.3, -0.25) is 4.79 Å². The van der Waals surface area contributed by atoms with Crippen molar-refractivity contribution in [1.29, 1.82) is 0 Å². The molecule has 8 heteroatoms. The quantitative estimate of drug-likeness (QED) is 0.806. The zero-order chi connectivity index (χ0) is 18.1. The monoisotopic (exact) mass is 355 g/mol. The number of sulfonamides is 1. The number of carbonyl (C=O) groups is 2. The molecular weight excluding hydrogens is 334 g/mol. The van der Waals surface area contributed by atoms with E-state index in [1.807, 2.05) is 0 Å². The normalized spacial score (nSPS) is 18.8. The number of benzene rings is 1. The molecule has 1 N–H and O–H groups in total. The summed E-state index contributed by atoms with van der Waals surface area (Å²) in [6.07, 6.45) is -0.0325. The highest BCUT2D eigenvalue weighted by atomic mass is 32.2. The molecule has 24 heavy (non-hydrogen) atoms. The Bertz CT molecular complexity index is 756. The van der Waals surface area contributed by atoms with Crippen LogP contribution in [-0.4, -0.2) is 49.0 Å². The fourth-order valence-corrected chi connectivity index (χ4v) is 4.08. The van der Waals surface area contributed by atoms with Crippen molar-refractivity contribution in [1.82, 2.24) is 4.31 Å². The molecule has 1 aromatic rings. The third kappa shape index (κ3) is 3.76. The van der Waals surface area contributed by atoms with E-state index in [1.54, 1.807) is 26.8 Å². The molecule has 0 aromatic heterocycles. The van der Waals surface area contributed by atoms with Crippen LogP contribution in [0.2, 0.25) is 0 Å². The number of ether oxygens (including phenoxy) is 1. The molecular formula is C16H21NO6S. The van der Waals surface area contributed by atoms with Crippen LogP contribution < -0.4 is 0 Å². The van der Waals surface area contributed by atoms with Gasteiger partial charge in [0.1, 0.15) is 0 Å². The maximum absolute atomic E-state index is 12.7. The zero-order valence-electron chi connectivity index (χ0n) is 13.9. The van der Waals surface area contributed by atoms with E-state index >= 15 is 0 Å². The lowest BCUT2D eigenvalue weighted by molar-refractivity contribution is -0.141. The number of carboxylic acids is 1. The standard InChI is InChI=1S/C16H21NO6S/c1-10(2)23-16(20)14-8-13(5-4-11(14)3)24(21,22)17-7-6-12(9-17)15(18)19/h4-5,8,10,12H,6-7,9H2,1-3H3,(H,18,19). The van der Waals surface area contributed by atoms with Gasteiger partial charge in [-0.15, -0.1) is 0 Å². The molecule has 0 saturated carbocycles. The number of rotatable bonds is 5. The summed E-state index contributed by atoms with van der Waals surface area (Å²) in [5.74, 6) is -2.28. The van der Waals surface area contributed by atoms with E-state index in [-0.39, 0.29) is 36.1 Å². The van der Waals surface area contributed by atoms with Gasteiger partial charge in [0.15, 0.2) is 0 Å². The van der Waals surface area contributed by atoms with Gasteiger partial charge in [-0.1, -0.05) is 6.07 Å². The maximum Gasteiger partial charge on any atom is 0.338 e. The summed E-state index contributed by atoms with van der Waals surface area (Å²) in [6, 6.07) is 4.27. The van der Waals surface area contributed by atoms with Crippen molar-refractivity contribution in [2.45, 2.75) is 38.2 Å². The number of esters is 1. The molecule has 1 aromatic carbocycles. The maximum atomic E-state index is 12.7. The van der Waals surface area contributed by atoms with Gasteiger partial charge in [0.2, 0.25) is 10.0 Å². The lowest BCUT2D eigenvalue weighted by Gasteiger charge is -2.17. The number of nitrogens with zero attached hydrogens (tertiary/aromatic N) is 1. The molecule has 1 unspecified atom stereocenters. The Morgan fingerprint density at radius 1 is 1.33 bits per heavy atom. The van der Waals surface area contributed by atoms with Gasteiger partial charge < -0.3 is 9.84 Å². The van der Waals surface area contributed by atoms with E-state index in [4.69, 9.17) is 9.84 Å². The average molecular weight is 355 g/mol. The van der Waals surface area contributed by atoms with Crippen molar-refractivity contribution < 1.29 is 27.9 Å². The molecule has 1 atom stereocenters. The van der Waals surface area contributed by atoms with Crippen molar-refractivity contribution in [3.63, 3.8) is 0 Å². The van der Waals surface area contributed by atoms with Gasteiger partial charge in [0.05, 0.1) is 22.5 Å². The second-order valence-electron chi connectivity index (χ2n) is 6.12. The van der Waals surface area contributed by atoms with Gasteiger partial charge in [-0.2, -0.15) is 4.31 Å². The minimum Gasteiger partial charge on any atom is -0.481 e. The topological polar surface area (TPSA) is 101 Å². The summed E-state index contributed by atoms with van der Waals surface area (Å²) in [7, 11) is -3.84. The summed E-state index contributed by atoms with van der Waals surface area (Å²) in [5.41, 5.74) is 0.809. The van der Waals surface area contributed by atoms with Crippen LogP contribution in [0.1, 0.15) is 36.2 Å². The van der Waals surface area contributed by atoms with Crippen LogP contribution in [0.3, 0.4) is 0 Å². The Hall–Kier alpha value is -1.93. The lowest BCUT2D eigenvalue weighted by atomic mass is 10.1. The number of hydrogen-bond donors (Lipinski definition) is 1. The van der Waals surface area contributed by atoms with Gasteiger partial charge in [0.25, 0.3) is 0 Å². The number of hydrogen-bond acceptors (Lipinski definition) is 5. The van der Waals surface area contributed by atoms with Gasteiger partial charge >= 0.3 is 11.9 Å². The fourth-order valence-electron chi connectivity index (χ4n) is 2.56. The van der Waals surface area contributed by atoms with Crippen LogP contribution in [0.25, 0.3) is 0 Å². The Kier molecular flexibility index (Phi) is 5.29. The Morgan fingerprint density at radius 2 is 2.00 bits per heavy atom. The molecule has 132 valence electrons. The summed E-state index contributed by atoms with van der Waals surface area (Å²) in [5, 5.41) is 9.02. The average Bonchev–Trinajstić information content (AvgIpc) is 2.97. The summed E-state index contributed by atoms with van der Waals surface area (Å²) < 4.78 is 31.7. The highest BCUT2D eigenvalue weighted by Crippen LogP contribution is 2.26. The molecule has 0 amide bonds. The molecule has 0 spiro atoms. The number of aliphatic carboxylic acids is 1. The minimum atomic E-state index is -3.84. The lowest BCUT2D eigenvalue weighted by Crippen LogP contribution is -2.30. The van der Waals surface area contributed by atoms with Crippen LogP contribution in [-0.2, 0) is 19.6 Å². The molecule has 0 aliphatic carbocycles.